The van der Waals surface area contributed by atoms with E-state index in [4.69, 9.17) is 10.3 Å². The van der Waals surface area contributed by atoms with E-state index in [-0.39, 0.29) is 17.9 Å². The van der Waals surface area contributed by atoms with Gasteiger partial charge in [0.25, 0.3) is 5.91 Å². The van der Waals surface area contributed by atoms with E-state index in [0.717, 1.165) is 0 Å². The average molecular weight is 273 g/mol. The summed E-state index contributed by atoms with van der Waals surface area (Å²) in [6, 6.07) is 5.72. The largest absolute Gasteiger partial charge is 0.361 e. The molecule has 1 heterocycles. The summed E-state index contributed by atoms with van der Waals surface area (Å²) in [6.07, 6.45) is 0. The Labute approximate surface area is 114 Å². The van der Waals surface area contributed by atoms with Crippen molar-refractivity contribution in [2.45, 2.75) is 6.92 Å². The van der Waals surface area contributed by atoms with Gasteiger partial charge in [-0.1, -0.05) is 17.0 Å². The van der Waals surface area contributed by atoms with Crippen LogP contribution in [-0.4, -0.2) is 17.6 Å². The van der Waals surface area contributed by atoms with Crippen LogP contribution in [0, 0.1) is 24.6 Å². The van der Waals surface area contributed by atoms with Crippen LogP contribution < -0.4 is 11.1 Å². The zero-order valence-electron chi connectivity index (χ0n) is 10.7. The van der Waals surface area contributed by atoms with Gasteiger partial charge in [0.1, 0.15) is 11.6 Å². The number of nitrogens with zero attached hydrogens (tertiary/aromatic N) is 1. The van der Waals surface area contributed by atoms with Crippen LogP contribution in [0.1, 0.15) is 21.8 Å². The van der Waals surface area contributed by atoms with Crippen LogP contribution in [0.2, 0.25) is 0 Å². The molecule has 0 saturated heterocycles. The molecule has 1 amide bonds. The van der Waals surface area contributed by atoms with Gasteiger partial charge in [0, 0.05) is 11.6 Å². The van der Waals surface area contributed by atoms with Crippen LogP contribution in [0.15, 0.2) is 28.8 Å². The Morgan fingerprint density at radius 2 is 2.30 bits per heavy atom. The van der Waals surface area contributed by atoms with Crippen molar-refractivity contribution >= 4 is 11.6 Å². The number of halogens is 1. The van der Waals surface area contributed by atoms with Crippen molar-refractivity contribution < 1.29 is 13.7 Å². The molecule has 1 aromatic carbocycles. The van der Waals surface area contributed by atoms with E-state index in [2.05, 4.69) is 22.3 Å². The monoisotopic (exact) mass is 273 g/mol. The molecule has 1 aromatic heterocycles. The van der Waals surface area contributed by atoms with Crippen molar-refractivity contribution in [3.05, 3.63) is 47.1 Å². The number of anilines is 1. The summed E-state index contributed by atoms with van der Waals surface area (Å²) >= 11 is 0. The molecule has 5 nitrogen and oxygen atoms in total. The van der Waals surface area contributed by atoms with Gasteiger partial charge >= 0.3 is 0 Å². The van der Waals surface area contributed by atoms with Crippen LogP contribution in [0.25, 0.3) is 0 Å². The minimum absolute atomic E-state index is 0.0500. The topological polar surface area (TPSA) is 81.2 Å². The second-order valence-corrected chi connectivity index (χ2v) is 3.98. The zero-order valence-corrected chi connectivity index (χ0v) is 10.7. The molecule has 0 spiro atoms. The van der Waals surface area contributed by atoms with Crippen LogP contribution in [0.4, 0.5) is 10.1 Å². The maximum absolute atomic E-state index is 13.8. The Bertz CT molecular complexity index is 698. The van der Waals surface area contributed by atoms with Gasteiger partial charge in [0.15, 0.2) is 5.69 Å². The smallest absolute Gasteiger partial charge is 0.277 e. The summed E-state index contributed by atoms with van der Waals surface area (Å²) in [5, 5.41) is 5.97. The van der Waals surface area contributed by atoms with Crippen molar-refractivity contribution in [1.82, 2.24) is 5.16 Å². The highest BCUT2D eigenvalue weighted by atomic mass is 19.1. The molecule has 2 aromatic rings. The Morgan fingerprint density at radius 3 is 2.90 bits per heavy atom. The van der Waals surface area contributed by atoms with Crippen LogP contribution in [0.3, 0.4) is 0 Å². The van der Waals surface area contributed by atoms with Crippen molar-refractivity contribution in [2.24, 2.45) is 5.73 Å². The van der Waals surface area contributed by atoms with E-state index < -0.39 is 11.7 Å². The maximum atomic E-state index is 13.8. The minimum Gasteiger partial charge on any atom is -0.361 e. The first-order chi connectivity index (χ1) is 9.60. The Morgan fingerprint density at radius 1 is 1.50 bits per heavy atom. The predicted octanol–water partition coefficient (Wildman–Crippen LogP) is 1.68. The van der Waals surface area contributed by atoms with Crippen molar-refractivity contribution in [2.75, 3.05) is 11.9 Å². The summed E-state index contributed by atoms with van der Waals surface area (Å²) in [6.45, 7) is 1.86. The Kier molecular flexibility index (Phi) is 4.13. The molecule has 2 rings (SSSR count). The van der Waals surface area contributed by atoms with E-state index >= 15 is 0 Å². The molecular weight excluding hydrogens is 261 g/mol. The lowest BCUT2D eigenvalue weighted by Gasteiger charge is -2.04. The Hall–Kier alpha value is -2.65. The van der Waals surface area contributed by atoms with Gasteiger partial charge in [0.05, 0.1) is 12.2 Å². The molecule has 6 heteroatoms. The lowest BCUT2D eigenvalue weighted by molar-refractivity contribution is 0.101. The number of nitrogens with one attached hydrogen (secondary N) is 1. The number of amides is 1. The van der Waals surface area contributed by atoms with E-state index in [0.29, 0.717) is 11.3 Å². The summed E-state index contributed by atoms with van der Waals surface area (Å²) in [7, 11) is 0. The average Bonchev–Trinajstić information content (AvgIpc) is 2.86. The van der Waals surface area contributed by atoms with E-state index in [9.17, 15) is 9.18 Å². The van der Waals surface area contributed by atoms with Crippen molar-refractivity contribution in [1.29, 1.82) is 0 Å². The summed E-state index contributed by atoms with van der Waals surface area (Å²) in [4.78, 5) is 11.8. The van der Waals surface area contributed by atoms with Gasteiger partial charge in [-0.25, -0.2) is 4.39 Å². The second-order valence-electron chi connectivity index (χ2n) is 3.98. The fourth-order valence-corrected chi connectivity index (χ4v) is 1.51. The third-order valence-electron chi connectivity index (χ3n) is 2.41. The van der Waals surface area contributed by atoms with Crippen molar-refractivity contribution in [3.63, 3.8) is 0 Å². The minimum atomic E-state index is -0.581. The summed E-state index contributed by atoms with van der Waals surface area (Å²) in [5.41, 5.74) is 5.87. The van der Waals surface area contributed by atoms with Gasteiger partial charge in [-0.15, -0.1) is 0 Å². The molecule has 0 aliphatic rings. The molecule has 0 aliphatic carbocycles. The lowest BCUT2D eigenvalue weighted by Crippen LogP contribution is -2.13. The van der Waals surface area contributed by atoms with Gasteiger partial charge in [0.2, 0.25) is 0 Å². The highest BCUT2D eigenvalue weighted by molar-refractivity contribution is 6.02. The normalized spacial score (nSPS) is 9.75. The first-order valence-electron chi connectivity index (χ1n) is 5.83. The molecular formula is C14H12FN3O2. The van der Waals surface area contributed by atoms with Gasteiger partial charge in [-0.2, -0.15) is 0 Å². The molecule has 0 bridgehead atoms. The van der Waals surface area contributed by atoms with Gasteiger partial charge in [-0.3, -0.25) is 4.79 Å². The van der Waals surface area contributed by atoms with E-state index in [1.807, 2.05) is 0 Å². The summed E-state index contributed by atoms with van der Waals surface area (Å²) in [5.74, 6) is 4.71. The number of aromatic nitrogens is 1. The fraction of sp³-hybridized carbons (Fsp3) is 0.143. The zero-order chi connectivity index (χ0) is 14.5. The lowest BCUT2D eigenvalue weighted by atomic mass is 10.2. The number of rotatable bonds is 2. The van der Waals surface area contributed by atoms with Crippen molar-refractivity contribution in [3.8, 4) is 11.8 Å². The number of hydrogen-bond acceptors (Lipinski definition) is 4. The first kappa shape index (κ1) is 13.8. The highest BCUT2D eigenvalue weighted by Gasteiger charge is 2.13. The molecule has 0 radical (unpaired) electrons. The number of hydrogen-bond donors (Lipinski definition) is 2. The number of carbonyl (C=O) groups excluding carboxylic acids is 1. The number of benzene rings is 1. The Balaban J connectivity index is 2.16. The van der Waals surface area contributed by atoms with Gasteiger partial charge in [-0.05, 0) is 25.1 Å². The number of carbonyl (C=O) groups is 1. The molecule has 0 atom stereocenters. The molecule has 20 heavy (non-hydrogen) atoms. The molecule has 0 saturated carbocycles. The predicted molar refractivity (Wildman–Crippen MR) is 71.5 cm³/mol. The standard InChI is InChI=1S/C14H12FN3O2/c1-9-7-13(18-20-9)14(19)17-12-5-4-10(3-2-6-16)8-11(12)15/h4-5,7-8H,6,16H2,1H3,(H,17,19). The first-order valence-corrected chi connectivity index (χ1v) is 5.83. The fourth-order valence-electron chi connectivity index (χ4n) is 1.51. The molecule has 0 fully saturated rings. The third kappa shape index (κ3) is 3.22. The van der Waals surface area contributed by atoms with Crippen LogP contribution in [-0.2, 0) is 0 Å². The second kappa shape index (κ2) is 5.99. The highest BCUT2D eigenvalue weighted by Crippen LogP contribution is 2.16. The SMILES string of the molecule is Cc1cc(C(=O)Nc2ccc(C#CCN)cc2F)no1. The number of nitrogens with two attached hydrogens (primary N) is 1. The van der Waals surface area contributed by atoms with E-state index in [1.54, 1.807) is 13.0 Å². The maximum Gasteiger partial charge on any atom is 0.277 e. The third-order valence-corrected chi connectivity index (χ3v) is 2.41. The van der Waals surface area contributed by atoms with Crippen LogP contribution >= 0.6 is 0 Å². The van der Waals surface area contributed by atoms with Crippen LogP contribution in [0.5, 0.6) is 0 Å². The number of aryl methyl sites for hydroxylation is 1. The molecule has 3 N–H and O–H groups in total. The summed E-state index contributed by atoms with van der Waals surface area (Å²) < 4.78 is 18.6. The molecule has 0 aliphatic heterocycles. The molecule has 102 valence electrons. The molecule has 0 unspecified atom stereocenters. The van der Waals surface area contributed by atoms with E-state index in [1.165, 1.54) is 18.2 Å². The van der Waals surface area contributed by atoms with Gasteiger partial charge < -0.3 is 15.6 Å². The quantitative estimate of drug-likeness (QED) is 0.816.